The van der Waals surface area contributed by atoms with Crippen LogP contribution in [-0.4, -0.2) is 18.6 Å². The van der Waals surface area contributed by atoms with Gasteiger partial charge >= 0.3 is 0 Å². The summed E-state index contributed by atoms with van der Waals surface area (Å²) in [6.07, 6.45) is 6.08. The maximum absolute atomic E-state index is 14.5. The first-order chi connectivity index (χ1) is 10.1. The summed E-state index contributed by atoms with van der Waals surface area (Å²) in [5.74, 6) is 0.604. The molecule has 2 fully saturated rings. The van der Waals surface area contributed by atoms with Crippen molar-refractivity contribution >= 4 is 5.69 Å². The predicted molar refractivity (Wildman–Crippen MR) is 86.1 cm³/mol. The van der Waals surface area contributed by atoms with Gasteiger partial charge in [0.15, 0.2) is 0 Å². The van der Waals surface area contributed by atoms with Crippen molar-refractivity contribution in [2.75, 3.05) is 11.4 Å². The molecule has 1 aromatic rings. The number of rotatable bonds is 8. The molecule has 3 heteroatoms. The van der Waals surface area contributed by atoms with E-state index in [1.54, 1.807) is 6.07 Å². The van der Waals surface area contributed by atoms with E-state index in [4.69, 9.17) is 0 Å². The predicted octanol–water partition coefficient (Wildman–Crippen LogP) is 4.09. The summed E-state index contributed by atoms with van der Waals surface area (Å²) in [5.41, 5.74) is 1.98. The quantitative estimate of drug-likeness (QED) is 0.775. The summed E-state index contributed by atoms with van der Waals surface area (Å²) in [4.78, 5) is 2.33. The van der Waals surface area contributed by atoms with Crippen LogP contribution >= 0.6 is 0 Å². The van der Waals surface area contributed by atoms with Crippen LogP contribution in [0, 0.1) is 11.7 Å². The van der Waals surface area contributed by atoms with Crippen molar-refractivity contribution in [3.63, 3.8) is 0 Å². The van der Waals surface area contributed by atoms with Crippen molar-refractivity contribution in [1.82, 2.24) is 5.32 Å². The van der Waals surface area contributed by atoms with Gasteiger partial charge in [-0.25, -0.2) is 4.39 Å². The molecule has 3 rings (SSSR count). The van der Waals surface area contributed by atoms with Gasteiger partial charge < -0.3 is 10.2 Å². The average molecular weight is 290 g/mol. The lowest BCUT2D eigenvalue weighted by Crippen LogP contribution is -2.30. The van der Waals surface area contributed by atoms with E-state index in [0.29, 0.717) is 18.0 Å². The molecular formula is C18H27FN2. The van der Waals surface area contributed by atoms with Crippen molar-refractivity contribution in [3.8, 4) is 0 Å². The summed E-state index contributed by atoms with van der Waals surface area (Å²) >= 11 is 0. The Bertz CT molecular complexity index is 478. The molecule has 1 N–H and O–H groups in total. The van der Waals surface area contributed by atoms with Crippen LogP contribution in [-0.2, 0) is 6.54 Å². The van der Waals surface area contributed by atoms with Gasteiger partial charge in [-0.15, -0.1) is 0 Å². The molecule has 2 aliphatic rings. The Hall–Kier alpha value is -1.09. The van der Waals surface area contributed by atoms with Gasteiger partial charge in [0.05, 0.1) is 5.69 Å². The normalized spacial score (nSPS) is 18.3. The minimum atomic E-state index is -0.0549. The van der Waals surface area contributed by atoms with E-state index >= 15 is 0 Å². The Morgan fingerprint density at radius 2 is 2.00 bits per heavy atom. The van der Waals surface area contributed by atoms with Crippen LogP contribution in [0.4, 0.5) is 10.1 Å². The van der Waals surface area contributed by atoms with Crippen LogP contribution in [0.2, 0.25) is 0 Å². The van der Waals surface area contributed by atoms with Gasteiger partial charge in [0.25, 0.3) is 0 Å². The Balaban J connectivity index is 1.78. The van der Waals surface area contributed by atoms with E-state index in [2.05, 4.69) is 30.1 Å². The van der Waals surface area contributed by atoms with E-state index in [9.17, 15) is 4.39 Å². The van der Waals surface area contributed by atoms with Crippen molar-refractivity contribution in [3.05, 3.63) is 29.6 Å². The molecule has 2 nitrogen and oxygen atoms in total. The van der Waals surface area contributed by atoms with E-state index in [1.807, 2.05) is 6.07 Å². The number of benzene rings is 1. The van der Waals surface area contributed by atoms with Crippen molar-refractivity contribution in [2.24, 2.45) is 5.92 Å². The summed E-state index contributed by atoms with van der Waals surface area (Å²) in [5, 5.41) is 3.53. The summed E-state index contributed by atoms with van der Waals surface area (Å²) in [6, 6.07) is 6.75. The fraction of sp³-hybridized carbons (Fsp3) is 0.667. The first kappa shape index (κ1) is 14.8. The van der Waals surface area contributed by atoms with E-state index < -0.39 is 0 Å². The molecule has 1 aromatic carbocycles. The second-order valence-electron chi connectivity index (χ2n) is 7.01. The SMILES string of the molecule is CC(C)CCN(c1c(F)cccc1CNC1CC1)C1CC1. The highest BCUT2D eigenvalue weighted by atomic mass is 19.1. The molecule has 0 saturated heterocycles. The average Bonchev–Trinajstić information content (AvgIpc) is 3.32. The Morgan fingerprint density at radius 1 is 1.24 bits per heavy atom. The molecule has 116 valence electrons. The zero-order valence-corrected chi connectivity index (χ0v) is 13.2. The molecule has 0 unspecified atom stereocenters. The fourth-order valence-electron chi connectivity index (χ4n) is 2.83. The molecule has 21 heavy (non-hydrogen) atoms. The second-order valence-corrected chi connectivity index (χ2v) is 7.01. The molecule has 2 aliphatic carbocycles. The van der Waals surface area contributed by atoms with Crippen LogP contribution in [0.25, 0.3) is 0 Å². The lowest BCUT2D eigenvalue weighted by atomic mass is 10.1. The molecule has 0 bridgehead atoms. The van der Waals surface area contributed by atoms with Gasteiger partial charge in [0, 0.05) is 25.2 Å². The molecule has 2 saturated carbocycles. The highest BCUT2D eigenvalue weighted by molar-refractivity contribution is 5.56. The third-order valence-electron chi connectivity index (χ3n) is 4.45. The minimum Gasteiger partial charge on any atom is -0.366 e. The number of nitrogens with zero attached hydrogens (tertiary/aromatic N) is 1. The lowest BCUT2D eigenvalue weighted by molar-refractivity contribution is 0.555. The molecule has 0 radical (unpaired) electrons. The lowest BCUT2D eigenvalue weighted by Gasteiger charge is -2.28. The second kappa shape index (κ2) is 6.35. The largest absolute Gasteiger partial charge is 0.366 e. The van der Waals surface area contributed by atoms with Gasteiger partial charge in [0.1, 0.15) is 5.82 Å². The number of hydrogen-bond donors (Lipinski definition) is 1. The van der Waals surface area contributed by atoms with Crippen molar-refractivity contribution in [2.45, 2.75) is 64.6 Å². The minimum absolute atomic E-state index is 0.0549. The van der Waals surface area contributed by atoms with Crippen LogP contribution in [0.1, 0.15) is 51.5 Å². The standard InChI is InChI=1S/C18H27FN2/c1-13(2)10-11-21(16-8-9-16)18-14(4-3-5-17(18)19)12-20-15-6-7-15/h3-5,13,15-16,20H,6-12H2,1-2H3. The molecule has 0 atom stereocenters. The number of anilines is 1. The molecule has 0 heterocycles. The number of nitrogens with one attached hydrogen (secondary N) is 1. The molecule has 0 spiro atoms. The fourth-order valence-corrected chi connectivity index (χ4v) is 2.83. The number of hydrogen-bond acceptors (Lipinski definition) is 2. The van der Waals surface area contributed by atoms with Crippen molar-refractivity contribution < 1.29 is 4.39 Å². The van der Waals surface area contributed by atoms with Crippen LogP contribution < -0.4 is 10.2 Å². The van der Waals surface area contributed by atoms with Crippen LogP contribution in [0.15, 0.2) is 18.2 Å². The molecule has 0 aromatic heterocycles. The van der Waals surface area contributed by atoms with E-state index in [1.165, 1.54) is 25.7 Å². The van der Waals surface area contributed by atoms with Gasteiger partial charge in [-0.2, -0.15) is 0 Å². The van der Waals surface area contributed by atoms with E-state index in [-0.39, 0.29) is 5.82 Å². The smallest absolute Gasteiger partial charge is 0.146 e. The Labute approximate surface area is 127 Å². The zero-order valence-electron chi connectivity index (χ0n) is 13.2. The van der Waals surface area contributed by atoms with E-state index in [0.717, 1.165) is 30.8 Å². The Morgan fingerprint density at radius 3 is 2.62 bits per heavy atom. The monoisotopic (exact) mass is 290 g/mol. The van der Waals surface area contributed by atoms with Gasteiger partial charge in [-0.05, 0) is 49.7 Å². The zero-order chi connectivity index (χ0) is 14.8. The third-order valence-corrected chi connectivity index (χ3v) is 4.45. The number of halogens is 1. The Kier molecular flexibility index (Phi) is 4.48. The summed E-state index contributed by atoms with van der Waals surface area (Å²) in [6.45, 7) is 6.24. The summed E-state index contributed by atoms with van der Waals surface area (Å²) in [7, 11) is 0. The van der Waals surface area contributed by atoms with Gasteiger partial charge in [0.2, 0.25) is 0 Å². The first-order valence-corrected chi connectivity index (χ1v) is 8.42. The highest BCUT2D eigenvalue weighted by Gasteiger charge is 2.32. The molecule has 0 amide bonds. The molecular weight excluding hydrogens is 263 g/mol. The summed E-state index contributed by atoms with van der Waals surface area (Å²) < 4.78 is 14.5. The first-order valence-electron chi connectivity index (χ1n) is 8.42. The maximum atomic E-state index is 14.5. The van der Waals surface area contributed by atoms with Gasteiger partial charge in [-0.1, -0.05) is 26.0 Å². The van der Waals surface area contributed by atoms with Crippen molar-refractivity contribution in [1.29, 1.82) is 0 Å². The number of para-hydroxylation sites is 1. The van der Waals surface area contributed by atoms with Crippen LogP contribution in [0.3, 0.4) is 0 Å². The third kappa shape index (κ3) is 3.97. The highest BCUT2D eigenvalue weighted by Crippen LogP contribution is 2.36. The maximum Gasteiger partial charge on any atom is 0.146 e. The molecule has 0 aliphatic heterocycles. The van der Waals surface area contributed by atoms with Gasteiger partial charge in [-0.3, -0.25) is 0 Å². The topological polar surface area (TPSA) is 15.3 Å². The van der Waals surface area contributed by atoms with Crippen LogP contribution in [0.5, 0.6) is 0 Å².